The minimum Gasteiger partial charge on any atom is -0.459 e. The van der Waals surface area contributed by atoms with Gasteiger partial charge in [0.2, 0.25) is 5.79 Å². The van der Waals surface area contributed by atoms with Crippen molar-refractivity contribution >= 4 is 28.9 Å². The molecule has 6 atom stereocenters. The summed E-state index contributed by atoms with van der Waals surface area (Å²) in [6, 6.07) is 36.1. The Morgan fingerprint density at radius 3 is 2.39 bits per heavy atom. The van der Waals surface area contributed by atoms with Gasteiger partial charge in [0.05, 0.1) is 38.0 Å². The summed E-state index contributed by atoms with van der Waals surface area (Å²) in [6.07, 6.45) is 8.84. The molecule has 71 heavy (non-hydrogen) atoms. The molecule has 8 rings (SSSR count). The van der Waals surface area contributed by atoms with Crippen molar-refractivity contribution in [1.29, 1.82) is 0 Å². The summed E-state index contributed by atoms with van der Waals surface area (Å²) in [5.41, 5.74) is 4.25. The molecule has 0 radical (unpaired) electrons. The number of unbranched alkanes of at least 4 members (excludes halogenated alkanes) is 2. The smallest absolute Gasteiger partial charge is 0.410 e. The van der Waals surface area contributed by atoms with Gasteiger partial charge in [-0.25, -0.2) is 4.79 Å². The van der Waals surface area contributed by atoms with Gasteiger partial charge in [0, 0.05) is 36.7 Å². The van der Waals surface area contributed by atoms with Crippen molar-refractivity contribution in [2.45, 2.75) is 102 Å². The minimum atomic E-state index is -1.53. The number of carbonyl (C=O) groups excluding carboxylic acids is 2. The Bertz CT molecular complexity index is 2650. The molecule has 0 aromatic heterocycles. The van der Waals surface area contributed by atoms with E-state index >= 15 is 4.79 Å². The molecule has 12 nitrogen and oxygen atoms in total. The van der Waals surface area contributed by atoms with Crippen LogP contribution in [0, 0.1) is 17.8 Å². The molecule has 0 spiro atoms. The summed E-state index contributed by atoms with van der Waals surface area (Å²) in [5, 5.41) is 27.2. The SMILES string of the molecule is C=CCO[C@@]12Oc3ccc(Oc4cccc(C=O)c4)cc3[C@H]3[C@H](CCCCO)[C@@H](CCCCO)C=C(C(=NOC(C)(C)C)C[C@@H]1N(Cc1cccc4ccccc14)C(=O)OCCOCc1ccccc1)[C@H]32. The molecule has 1 heterocycles. The molecule has 2 aliphatic carbocycles. The van der Waals surface area contributed by atoms with Crippen molar-refractivity contribution in [3.05, 3.63) is 162 Å². The van der Waals surface area contributed by atoms with E-state index in [4.69, 9.17) is 33.7 Å². The Hall–Kier alpha value is -6.31. The largest absolute Gasteiger partial charge is 0.459 e. The second kappa shape index (κ2) is 23.7. The van der Waals surface area contributed by atoms with Crippen LogP contribution >= 0.6 is 0 Å². The molecule has 12 heteroatoms. The first-order valence-corrected chi connectivity index (χ1v) is 25.1. The lowest BCUT2D eigenvalue weighted by Crippen LogP contribution is -2.70. The Kier molecular flexibility index (Phi) is 17.1. The lowest BCUT2D eigenvalue weighted by molar-refractivity contribution is -0.256. The first kappa shape index (κ1) is 51.1. The van der Waals surface area contributed by atoms with Crippen LogP contribution in [-0.4, -0.2) is 83.7 Å². The van der Waals surface area contributed by atoms with Crippen molar-refractivity contribution in [1.82, 2.24) is 4.90 Å². The van der Waals surface area contributed by atoms with Crippen LogP contribution < -0.4 is 9.47 Å². The van der Waals surface area contributed by atoms with E-state index < -0.39 is 29.4 Å². The number of carbonyl (C=O) groups is 2. The number of amides is 1. The number of allylic oxidation sites excluding steroid dienone is 1. The average Bonchev–Trinajstić information content (AvgIpc) is 3.38. The van der Waals surface area contributed by atoms with Gasteiger partial charge in [-0.3, -0.25) is 9.69 Å². The van der Waals surface area contributed by atoms with Gasteiger partial charge < -0.3 is 38.7 Å². The number of rotatable bonds is 23. The number of fused-ring (bicyclic) bond motifs is 3. The summed E-state index contributed by atoms with van der Waals surface area (Å²) in [7, 11) is 0. The monoisotopic (exact) mass is 964 g/mol. The highest BCUT2D eigenvalue weighted by Gasteiger charge is 2.66. The topological polar surface area (TPSA) is 146 Å². The molecule has 1 saturated carbocycles. The molecule has 1 aliphatic heterocycles. The third kappa shape index (κ3) is 12.1. The maximum absolute atomic E-state index is 15.3. The van der Waals surface area contributed by atoms with E-state index in [2.05, 4.69) is 30.9 Å². The Balaban J connectivity index is 1.31. The number of aliphatic hydroxyl groups excluding tert-OH is 2. The summed E-state index contributed by atoms with van der Waals surface area (Å²) in [6.45, 7) is 10.9. The Morgan fingerprint density at radius 1 is 0.873 bits per heavy atom. The molecule has 2 N–H and O–H groups in total. The zero-order valence-electron chi connectivity index (χ0n) is 41.2. The maximum atomic E-state index is 15.3. The first-order chi connectivity index (χ1) is 34.5. The van der Waals surface area contributed by atoms with E-state index in [-0.39, 0.29) is 63.8 Å². The van der Waals surface area contributed by atoms with Gasteiger partial charge in [0.25, 0.3) is 0 Å². The molecule has 5 aromatic carbocycles. The summed E-state index contributed by atoms with van der Waals surface area (Å²) in [5.74, 6) is -0.720. The number of hydrogen-bond donors (Lipinski definition) is 2. The lowest BCUT2D eigenvalue weighted by Gasteiger charge is -2.60. The number of aldehydes is 1. The van der Waals surface area contributed by atoms with Crippen molar-refractivity contribution < 1.29 is 48.3 Å². The van der Waals surface area contributed by atoms with Crippen LogP contribution in [0.15, 0.2) is 145 Å². The van der Waals surface area contributed by atoms with Crippen molar-refractivity contribution in [2.24, 2.45) is 22.9 Å². The lowest BCUT2D eigenvalue weighted by atomic mass is 9.55. The number of ether oxygens (including phenoxy) is 5. The van der Waals surface area contributed by atoms with E-state index in [1.807, 2.05) is 99.6 Å². The second-order valence-corrected chi connectivity index (χ2v) is 19.7. The van der Waals surface area contributed by atoms with Crippen LogP contribution in [0.3, 0.4) is 0 Å². The van der Waals surface area contributed by atoms with Crippen molar-refractivity contribution in [3.63, 3.8) is 0 Å². The van der Waals surface area contributed by atoms with Gasteiger partial charge in [0.15, 0.2) is 0 Å². The third-order valence-corrected chi connectivity index (χ3v) is 13.7. The number of nitrogens with zero attached hydrogens (tertiary/aromatic N) is 2. The predicted molar refractivity (Wildman–Crippen MR) is 275 cm³/mol. The van der Waals surface area contributed by atoms with Crippen LogP contribution in [0.4, 0.5) is 4.79 Å². The third-order valence-electron chi connectivity index (χ3n) is 13.7. The molecule has 0 bridgehead atoms. The molecule has 374 valence electrons. The maximum Gasteiger partial charge on any atom is 0.410 e. The fourth-order valence-electron chi connectivity index (χ4n) is 10.6. The van der Waals surface area contributed by atoms with Gasteiger partial charge in [0.1, 0.15) is 41.8 Å². The molecule has 1 amide bonds. The van der Waals surface area contributed by atoms with Gasteiger partial charge in [-0.1, -0.05) is 115 Å². The zero-order valence-corrected chi connectivity index (χ0v) is 41.2. The fraction of sp³-hybridized carbons (Fsp3) is 0.407. The second-order valence-electron chi connectivity index (χ2n) is 19.7. The number of oxime groups is 1. The molecular formula is C59H68N2O10. The molecular weight excluding hydrogens is 897 g/mol. The van der Waals surface area contributed by atoms with E-state index in [0.717, 1.165) is 65.0 Å². The van der Waals surface area contributed by atoms with E-state index in [9.17, 15) is 15.0 Å². The van der Waals surface area contributed by atoms with Crippen LogP contribution in [0.2, 0.25) is 0 Å². The van der Waals surface area contributed by atoms with Gasteiger partial charge in [-0.05, 0) is 116 Å². The van der Waals surface area contributed by atoms with Crippen LogP contribution in [0.5, 0.6) is 17.2 Å². The molecule has 0 saturated heterocycles. The molecule has 5 aromatic rings. The van der Waals surface area contributed by atoms with Crippen LogP contribution in [0.25, 0.3) is 10.8 Å². The van der Waals surface area contributed by atoms with Gasteiger partial charge in [-0.15, -0.1) is 6.58 Å². The van der Waals surface area contributed by atoms with Crippen LogP contribution in [-0.2, 0) is 32.2 Å². The Morgan fingerprint density at radius 2 is 1.62 bits per heavy atom. The highest BCUT2D eigenvalue weighted by molar-refractivity contribution is 6.03. The summed E-state index contributed by atoms with van der Waals surface area (Å²) in [4.78, 5) is 35.2. The van der Waals surface area contributed by atoms with E-state index in [0.29, 0.717) is 48.0 Å². The Labute approximate surface area is 417 Å². The predicted octanol–water partition coefficient (Wildman–Crippen LogP) is 11.7. The van der Waals surface area contributed by atoms with Gasteiger partial charge in [-0.2, -0.15) is 0 Å². The standard InChI is InChI=1S/C59H68N2O10/c1-5-31-68-59-54(61(38-45-23-16-22-43-20-9-10-25-48(43)45)57(65)67-33-32-66-40-41-17-7-6-8-18-41)37-52(60-71-58(2,3)4)50-35-44(21-11-13-29-62)49(26-12-14-30-63)55(56(50)59)51-36-47(27-28-53(51)70-59)69-46-24-15-19-42(34-46)39-64/h5-10,15-20,22-25,27-28,34-36,39,44,49,54-56,62-63H,1,11-14,21,26,29-33,37-38,40H2,2-4H3/t44-,49+,54-,55+,56+,59+/m0/s1. The van der Waals surface area contributed by atoms with E-state index in [1.165, 1.54) is 0 Å². The van der Waals surface area contributed by atoms with Crippen LogP contribution in [0.1, 0.15) is 98.7 Å². The van der Waals surface area contributed by atoms with Crippen molar-refractivity contribution in [3.8, 4) is 17.2 Å². The average molecular weight is 965 g/mol. The number of benzene rings is 5. The molecule has 0 unspecified atom stereocenters. The quantitative estimate of drug-likeness (QED) is 0.0281. The number of hydrogen-bond acceptors (Lipinski definition) is 11. The fourth-order valence-corrected chi connectivity index (χ4v) is 10.6. The van der Waals surface area contributed by atoms with Gasteiger partial charge >= 0.3 is 6.09 Å². The van der Waals surface area contributed by atoms with Crippen molar-refractivity contribution in [2.75, 3.05) is 33.0 Å². The normalized spacial score (nSPS) is 21.8. The highest BCUT2D eigenvalue weighted by atomic mass is 16.7. The first-order valence-electron chi connectivity index (χ1n) is 25.1. The van der Waals surface area contributed by atoms with E-state index in [1.54, 1.807) is 29.2 Å². The minimum absolute atomic E-state index is 0.000894. The zero-order chi connectivity index (χ0) is 49.8. The number of aliphatic hydroxyl groups is 2. The molecule has 3 aliphatic rings. The summed E-state index contributed by atoms with van der Waals surface area (Å²) >= 11 is 0. The molecule has 1 fully saturated rings. The summed E-state index contributed by atoms with van der Waals surface area (Å²) < 4.78 is 33.5. The highest BCUT2D eigenvalue weighted by Crippen LogP contribution is 2.62.